The lowest BCUT2D eigenvalue weighted by Gasteiger charge is -2.36. The molecule has 0 aromatic heterocycles. The second-order valence-corrected chi connectivity index (χ2v) is 9.24. The normalized spacial score (nSPS) is 32.9. The third-order valence-corrected chi connectivity index (χ3v) is 6.95. The van der Waals surface area contributed by atoms with Crippen molar-refractivity contribution in [2.24, 2.45) is 11.3 Å². The van der Waals surface area contributed by atoms with E-state index in [0.717, 1.165) is 43.1 Å². The lowest BCUT2D eigenvalue weighted by Crippen LogP contribution is -2.40. The lowest BCUT2D eigenvalue weighted by atomic mass is 9.70. The van der Waals surface area contributed by atoms with Crippen molar-refractivity contribution in [3.63, 3.8) is 0 Å². The summed E-state index contributed by atoms with van der Waals surface area (Å²) in [5.41, 5.74) is 6.57. The van der Waals surface area contributed by atoms with E-state index in [0.29, 0.717) is 11.5 Å². The second kappa shape index (κ2) is 6.79. The van der Waals surface area contributed by atoms with Crippen LogP contribution in [-0.2, 0) is 0 Å². The Kier molecular flexibility index (Phi) is 4.62. The highest BCUT2D eigenvalue weighted by atomic mass is 15.2. The molecule has 1 saturated carbocycles. The van der Waals surface area contributed by atoms with Crippen LogP contribution in [0.1, 0.15) is 64.7 Å². The molecule has 0 bridgehead atoms. The molecule has 0 spiro atoms. The van der Waals surface area contributed by atoms with E-state index < -0.39 is 0 Å². The van der Waals surface area contributed by atoms with Gasteiger partial charge in [0.1, 0.15) is 0 Å². The van der Waals surface area contributed by atoms with Gasteiger partial charge in [0.25, 0.3) is 0 Å². The Bertz CT molecular complexity index is 689. The number of rotatable bonds is 3. The molecule has 0 aromatic carbocycles. The molecular formula is C24H34N2. The fourth-order valence-corrected chi connectivity index (χ4v) is 5.58. The smallest absolute Gasteiger partial charge is 0.0693 e. The molecule has 0 aromatic rings. The molecule has 4 aliphatic rings. The van der Waals surface area contributed by atoms with Crippen molar-refractivity contribution in [2.75, 3.05) is 6.54 Å². The van der Waals surface area contributed by atoms with Gasteiger partial charge in [0.2, 0.25) is 0 Å². The summed E-state index contributed by atoms with van der Waals surface area (Å²) in [5.74, 6) is 0.926. The minimum atomic E-state index is 0.327. The van der Waals surface area contributed by atoms with Crippen LogP contribution in [0.4, 0.5) is 0 Å². The molecule has 0 radical (unpaired) electrons. The maximum absolute atomic E-state index is 4.44. The Morgan fingerprint density at radius 2 is 1.92 bits per heavy atom. The van der Waals surface area contributed by atoms with Crippen LogP contribution < -0.4 is 5.32 Å². The van der Waals surface area contributed by atoms with Gasteiger partial charge in [-0.25, -0.2) is 0 Å². The van der Waals surface area contributed by atoms with Gasteiger partial charge >= 0.3 is 0 Å². The topological polar surface area (TPSA) is 15.3 Å². The molecule has 2 unspecified atom stereocenters. The zero-order chi connectivity index (χ0) is 18.3. The van der Waals surface area contributed by atoms with Crippen LogP contribution in [-0.4, -0.2) is 17.5 Å². The third kappa shape index (κ3) is 3.31. The summed E-state index contributed by atoms with van der Waals surface area (Å²) >= 11 is 0. The molecule has 0 amide bonds. The molecule has 1 N–H and O–H groups in total. The van der Waals surface area contributed by atoms with Gasteiger partial charge in [-0.3, -0.25) is 0 Å². The number of likely N-dealkylation sites (tertiary alicyclic amines) is 1. The molecule has 2 aliphatic heterocycles. The van der Waals surface area contributed by atoms with E-state index >= 15 is 0 Å². The first-order valence-electron chi connectivity index (χ1n) is 10.5. The number of nitrogens with one attached hydrogen (secondary N) is 1. The Hall–Kier alpha value is -1.70. The number of nitrogens with zero attached hydrogens (tertiary/aromatic N) is 1. The summed E-state index contributed by atoms with van der Waals surface area (Å²) in [4.78, 5) is 2.46. The van der Waals surface area contributed by atoms with E-state index in [1.165, 1.54) is 55.4 Å². The van der Waals surface area contributed by atoms with E-state index in [9.17, 15) is 0 Å². The summed E-state index contributed by atoms with van der Waals surface area (Å²) < 4.78 is 0. The van der Waals surface area contributed by atoms with Crippen LogP contribution in [0, 0.1) is 11.3 Å². The second-order valence-electron chi connectivity index (χ2n) is 9.24. The van der Waals surface area contributed by atoms with Crippen molar-refractivity contribution in [1.82, 2.24) is 10.2 Å². The quantitative estimate of drug-likeness (QED) is 0.689. The fourth-order valence-electron chi connectivity index (χ4n) is 5.58. The van der Waals surface area contributed by atoms with Gasteiger partial charge in [-0.15, -0.1) is 0 Å². The van der Waals surface area contributed by atoms with Gasteiger partial charge < -0.3 is 10.2 Å². The number of hydrogen-bond acceptors (Lipinski definition) is 2. The zero-order valence-electron chi connectivity index (χ0n) is 16.4. The predicted molar refractivity (Wildman–Crippen MR) is 110 cm³/mol. The number of allylic oxidation sites excluding steroid dienone is 4. The number of fused-ring (bicyclic) bond motifs is 1. The van der Waals surface area contributed by atoms with Crippen LogP contribution in [0.3, 0.4) is 0 Å². The van der Waals surface area contributed by atoms with E-state index in [1.807, 2.05) is 0 Å². The Balaban J connectivity index is 1.49. The van der Waals surface area contributed by atoms with Gasteiger partial charge in [-0.2, -0.15) is 0 Å². The zero-order valence-corrected chi connectivity index (χ0v) is 16.4. The maximum Gasteiger partial charge on any atom is 0.0693 e. The standard InChI is InChI=1S/C24H34N2/c1-17-10-11-23(18(2)25-17)26-16-21-15-24(4,13-12-22(21)19(26)3)14-20-8-6-5-7-9-20/h12,15,20,23,25H,1-3,5-11,13-14,16H2,4H3. The summed E-state index contributed by atoms with van der Waals surface area (Å²) in [6, 6.07) is 0.338. The monoisotopic (exact) mass is 350 g/mol. The molecule has 2 aliphatic carbocycles. The summed E-state index contributed by atoms with van der Waals surface area (Å²) in [5, 5.41) is 3.37. The largest absolute Gasteiger partial charge is 0.362 e. The predicted octanol–water partition coefficient (Wildman–Crippen LogP) is 5.83. The van der Waals surface area contributed by atoms with E-state index in [2.05, 4.69) is 49.0 Å². The van der Waals surface area contributed by atoms with Gasteiger partial charge in [0.05, 0.1) is 6.04 Å². The Labute approximate surface area is 159 Å². The van der Waals surface area contributed by atoms with Crippen LogP contribution in [0.2, 0.25) is 0 Å². The first-order valence-corrected chi connectivity index (χ1v) is 10.5. The van der Waals surface area contributed by atoms with Crippen LogP contribution in [0.15, 0.2) is 60.1 Å². The minimum absolute atomic E-state index is 0.327. The molecule has 4 rings (SSSR count). The van der Waals surface area contributed by atoms with Gasteiger partial charge in [-0.05, 0) is 48.2 Å². The van der Waals surface area contributed by atoms with E-state index in [-0.39, 0.29) is 0 Å². The molecular weight excluding hydrogens is 316 g/mol. The molecule has 2 heteroatoms. The first kappa shape index (κ1) is 17.7. The van der Waals surface area contributed by atoms with E-state index in [4.69, 9.17) is 0 Å². The maximum atomic E-state index is 4.44. The van der Waals surface area contributed by atoms with E-state index in [1.54, 1.807) is 0 Å². The molecule has 2 nitrogen and oxygen atoms in total. The Morgan fingerprint density at radius 3 is 2.65 bits per heavy atom. The third-order valence-electron chi connectivity index (χ3n) is 6.95. The molecule has 140 valence electrons. The van der Waals surface area contributed by atoms with Crippen LogP contribution in [0.25, 0.3) is 0 Å². The van der Waals surface area contributed by atoms with Crippen molar-refractivity contribution in [3.05, 3.63) is 60.1 Å². The fraction of sp³-hybridized carbons (Fsp3) is 0.583. The highest BCUT2D eigenvalue weighted by Gasteiger charge is 2.38. The van der Waals surface area contributed by atoms with Crippen LogP contribution >= 0.6 is 0 Å². The van der Waals surface area contributed by atoms with Gasteiger partial charge in [-0.1, -0.05) is 70.9 Å². The SMILES string of the molecule is C=C1CCC(N2CC3=CC(C)(CC4CCCCC4)CC=C3C2=C)C(=C)N1. The van der Waals surface area contributed by atoms with Gasteiger partial charge in [0, 0.05) is 23.6 Å². The Morgan fingerprint density at radius 1 is 1.15 bits per heavy atom. The number of hydrogen-bond donors (Lipinski definition) is 1. The summed E-state index contributed by atoms with van der Waals surface area (Å²) in [6.45, 7) is 16.2. The van der Waals surface area contributed by atoms with Crippen LogP contribution in [0.5, 0.6) is 0 Å². The highest BCUT2D eigenvalue weighted by molar-refractivity contribution is 5.54. The van der Waals surface area contributed by atoms with Gasteiger partial charge in [0.15, 0.2) is 0 Å². The number of piperidine rings is 1. The van der Waals surface area contributed by atoms with Crippen molar-refractivity contribution in [2.45, 2.75) is 70.8 Å². The molecule has 2 heterocycles. The molecule has 26 heavy (non-hydrogen) atoms. The minimum Gasteiger partial charge on any atom is -0.362 e. The molecule has 2 saturated heterocycles. The van der Waals surface area contributed by atoms with Crippen molar-refractivity contribution in [1.29, 1.82) is 0 Å². The summed E-state index contributed by atoms with van der Waals surface area (Å²) in [6.07, 6.45) is 16.9. The molecule has 2 atom stereocenters. The lowest BCUT2D eigenvalue weighted by molar-refractivity contribution is 0.246. The summed E-state index contributed by atoms with van der Waals surface area (Å²) in [7, 11) is 0. The highest BCUT2D eigenvalue weighted by Crippen LogP contribution is 2.46. The average Bonchev–Trinajstić information content (AvgIpc) is 2.91. The van der Waals surface area contributed by atoms with Crippen molar-refractivity contribution >= 4 is 0 Å². The first-order chi connectivity index (χ1) is 12.5. The average molecular weight is 351 g/mol. The van der Waals surface area contributed by atoms with Crippen molar-refractivity contribution in [3.8, 4) is 0 Å². The van der Waals surface area contributed by atoms with Crippen molar-refractivity contribution < 1.29 is 0 Å². The molecule has 3 fully saturated rings.